The number of hydrogen-bond donors (Lipinski definition) is 2. The van der Waals surface area contributed by atoms with Crippen molar-refractivity contribution in [1.29, 1.82) is 0 Å². The zero-order valence-corrected chi connectivity index (χ0v) is 19.4. The molecule has 1 saturated heterocycles. The second-order valence-corrected chi connectivity index (χ2v) is 10.6. The number of benzene rings is 1. The van der Waals surface area contributed by atoms with Gasteiger partial charge < -0.3 is 24.8 Å². The highest BCUT2D eigenvalue weighted by Crippen LogP contribution is 2.37. The average Bonchev–Trinajstić information content (AvgIpc) is 3.50. The maximum Gasteiger partial charge on any atom is 0.410 e. The van der Waals surface area contributed by atoms with E-state index in [9.17, 15) is 4.79 Å². The van der Waals surface area contributed by atoms with Crippen LogP contribution < -0.4 is 10.2 Å². The van der Waals surface area contributed by atoms with Crippen LogP contribution in [0.1, 0.15) is 18.4 Å². The Bertz CT molecular complexity index is 1150. The zero-order valence-electron chi connectivity index (χ0n) is 17.2. The average molecular weight is 495 g/mol. The molecule has 2 aliphatic rings. The number of nitrogens with one attached hydrogen (secondary N) is 2. The number of H-pyrrole nitrogens is 1. The van der Waals surface area contributed by atoms with Crippen LogP contribution in [0.15, 0.2) is 42.7 Å². The van der Waals surface area contributed by atoms with Crippen LogP contribution in [0.2, 0.25) is 0 Å². The third-order valence-electron chi connectivity index (χ3n) is 5.97. The Hall–Kier alpha value is -2.35. The minimum atomic E-state index is -1.61. The van der Waals surface area contributed by atoms with Gasteiger partial charge in [-0.3, -0.25) is 0 Å². The van der Waals surface area contributed by atoms with E-state index in [1.165, 1.54) is 0 Å². The number of aromatic nitrogens is 2. The maximum atomic E-state index is 12.5. The van der Waals surface area contributed by atoms with E-state index in [1.807, 2.05) is 12.3 Å². The van der Waals surface area contributed by atoms with Gasteiger partial charge in [0.2, 0.25) is 3.79 Å². The summed E-state index contributed by atoms with van der Waals surface area (Å²) in [6.45, 7) is 1.04. The number of carbonyl (C=O) groups is 1. The van der Waals surface area contributed by atoms with E-state index in [0.29, 0.717) is 13.2 Å². The smallest absolute Gasteiger partial charge is 0.410 e. The standard InChI is InChI=1S/C22H22Cl3N5O2/c23-22(24,25)12-32-21(31)29-8-2-3-15(29)9-14-11-27-18-6-5-16(10-17(14)18)30-13-28-20-19(30)4-1-7-26-20/h1,4-7,10-11,15,27H,2-3,8-9,12-13H2,(H,26,28)/t15-/m1/s1. The Morgan fingerprint density at radius 1 is 1.28 bits per heavy atom. The number of likely N-dealkylation sites (tertiary alicyclic amines) is 1. The second-order valence-electron chi connectivity index (χ2n) is 8.04. The van der Waals surface area contributed by atoms with Crippen molar-refractivity contribution in [3.05, 3.63) is 48.3 Å². The maximum absolute atomic E-state index is 12.5. The number of rotatable bonds is 4. The number of aromatic amines is 1. The van der Waals surface area contributed by atoms with Crippen molar-refractivity contribution in [3.63, 3.8) is 0 Å². The third kappa shape index (κ3) is 4.29. The lowest BCUT2D eigenvalue weighted by Crippen LogP contribution is -2.38. The molecule has 7 nitrogen and oxygen atoms in total. The van der Waals surface area contributed by atoms with E-state index in [4.69, 9.17) is 39.5 Å². The zero-order chi connectivity index (χ0) is 22.3. The number of amides is 1. The summed E-state index contributed by atoms with van der Waals surface area (Å²) in [6.07, 6.45) is 5.92. The van der Waals surface area contributed by atoms with Crippen LogP contribution in [0, 0.1) is 0 Å². The Labute approximate surface area is 200 Å². The molecule has 1 atom stereocenters. The largest absolute Gasteiger partial charge is 0.445 e. The van der Waals surface area contributed by atoms with Crippen LogP contribution in [-0.2, 0) is 11.2 Å². The molecule has 2 N–H and O–H groups in total. The molecule has 2 aliphatic heterocycles. The summed E-state index contributed by atoms with van der Waals surface area (Å²) >= 11 is 17.2. The van der Waals surface area contributed by atoms with Crippen LogP contribution in [0.5, 0.6) is 0 Å². The van der Waals surface area contributed by atoms with Crippen molar-refractivity contribution < 1.29 is 9.53 Å². The molecule has 2 aromatic heterocycles. The van der Waals surface area contributed by atoms with Crippen molar-refractivity contribution in [3.8, 4) is 0 Å². The molecule has 1 aromatic carbocycles. The lowest BCUT2D eigenvalue weighted by atomic mass is 10.0. The fraction of sp³-hybridized carbons (Fsp3) is 0.364. The quantitative estimate of drug-likeness (QED) is 0.462. The summed E-state index contributed by atoms with van der Waals surface area (Å²) in [5, 5.41) is 4.47. The fourth-order valence-corrected chi connectivity index (χ4v) is 4.66. The van der Waals surface area contributed by atoms with Crippen molar-refractivity contribution in [2.75, 3.05) is 30.0 Å². The molecule has 0 saturated carbocycles. The Balaban J connectivity index is 1.36. The summed E-state index contributed by atoms with van der Waals surface area (Å²) in [4.78, 5) is 24.2. The molecule has 0 radical (unpaired) electrons. The number of nitrogens with zero attached hydrogens (tertiary/aromatic N) is 3. The van der Waals surface area contributed by atoms with Gasteiger partial charge in [0, 0.05) is 41.6 Å². The first-order chi connectivity index (χ1) is 15.4. The number of carbonyl (C=O) groups excluding carboxylic acids is 1. The molecule has 5 rings (SSSR count). The SMILES string of the molecule is O=C(OCC(Cl)(Cl)Cl)N1CCC[C@@H]1Cc1c[nH]c2ccc(N3CNc4ncccc43)cc12. The highest BCUT2D eigenvalue weighted by Gasteiger charge is 2.32. The van der Waals surface area contributed by atoms with Gasteiger partial charge in [-0.1, -0.05) is 34.8 Å². The third-order valence-corrected chi connectivity index (χ3v) is 6.30. The van der Waals surface area contributed by atoms with Gasteiger partial charge in [0.25, 0.3) is 0 Å². The number of fused-ring (bicyclic) bond motifs is 2. The second kappa shape index (κ2) is 8.54. The molecule has 1 amide bonds. The van der Waals surface area contributed by atoms with Crippen LogP contribution in [0.4, 0.5) is 22.0 Å². The van der Waals surface area contributed by atoms with E-state index in [2.05, 4.69) is 44.5 Å². The van der Waals surface area contributed by atoms with E-state index < -0.39 is 9.89 Å². The van der Waals surface area contributed by atoms with Gasteiger partial charge >= 0.3 is 6.09 Å². The number of hydrogen-bond acceptors (Lipinski definition) is 5. The molecule has 0 bridgehead atoms. The van der Waals surface area contributed by atoms with Gasteiger partial charge in [0.05, 0.1) is 12.4 Å². The van der Waals surface area contributed by atoms with Crippen LogP contribution in [-0.4, -0.2) is 50.6 Å². The lowest BCUT2D eigenvalue weighted by Gasteiger charge is -2.25. The molecule has 10 heteroatoms. The summed E-state index contributed by atoms with van der Waals surface area (Å²) in [5.74, 6) is 0.886. The van der Waals surface area contributed by atoms with Gasteiger partial charge in [-0.25, -0.2) is 9.78 Å². The minimum absolute atomic E-state index is 0.0407. The normalized spacial score (nSPS) is 18.2. The van der Waals surface area contributed by atoms with Gasteiger partial charge in [-0.05, 0) is 55.2 Å². The Kier molecular flexibility index (Phi) is 5.73. The van der Waals surface area contributed by atoms with E-state index >= 15 is 0 Å². The molecule has 168 valence electrons. The number of ether oxygens (including phenoxy) is 1. The molecular formula is C22H22Cl3N5O2. The van der Waals surface area contributed by atoms with Crippen LogP contribution >= 0.6 is 34.8 Å². The number of alkyl halides is 3. The molecule has 0 unspecified atom stereocenters. The Morgan fingerprint density at radius 2 is 2.16 bits per heavy atom. The fourth-order valence-electron chi connectivity index (χ4n) is 4.49. The van der Waals surface area contributed by atoms with Crippen molar-refractivity contribution in [2.45, 2.75) is 29.1 Å². The first-order valence-electron chi connectivity index (χ1n) is 10.5. The highest BCUT2D eigenvalue weighted by atomic mass is 35.6. The first-order valence-corrected chi connectivity index (χ1v) is 11.6. The topological polar surface area (TPSA) is 73.5 Å². The molecule has 1 fully saturated rings. The lowest BCUT2D eigenvalue weighted by molar-refractivity contribution is 0.0997. The highest BCUT2D eigenvalue weighted by molar-refractivity contribution is 6.67. The van der Waals surface area contributed by atoms with Gasteiger partial charge in [-0.15, -0.1) is 0 Å². The van der Waals surface area contributed by atoms with Gasteiger partial charge in [-0.2, -0.15) is 0 Å². The van der Waals surface area contributed by atoms with Crippen molar-refractivity contribution in [2.24, 2.45) is 0 Å². The van der Waals surface area contributed by atoms with E-state index in [1.54, 1.807) is 11.1 Å². The summed E-state index contributed by atoms with van der Waals surface area (Å²) in [6, 6.07) is 10.4. The number of pyridine rings is 1. The molecule has 0 spiro atoms. The predicted molar refractivity (Wildman–Crippen MR) is 128 cm³/mol. The molecule has 4 heterocycles. The Morgan fingerprint density at radius 3 is 3.00 bits per heavy atom. The molecule has 32 heavy (non-hydrogen) atoms. The number of anilines is 3. The van der Waals surface area contributed by atoms with Crippen molar-refractivity contribution >= 4 is 69.0 Å². The summed E-state index contributed by atoms with van der Waals surface area (Å²) in [5.41, 5.74) is 4.36. The van der Waals surface area contributed by atoms with Crippen LogP contribution in [0.25, 0.3) is 10.9 Å². The first kappa shape index (κ1) is 21.5. The van der Waals surface area contributed by atoms with E-state index in [-0.39, 0.29) is 12.6 Å². The predicted octanol–water partition coefficient (Wildman–Crippen LogP) is 5.60. The summed E-state index contributed by atoms with van der Waals surface area (Å²) < 4.78 is 3.60. The molecule has 0 aliphatic carbocycles. The molecular weight excluding hydrogens is 473 g/mol. The van der Waals surface area contributed by atoms with Gasteiger partial charge in [0.1, 0.15) is 6.61 Å². The van der Waals surface area contributed by atoms with E-state index in [0.717, 1.165) is 52.9 Å². The number of halogens is 3. The van der Waals surface area contributed by atoms with Crippen LogP contribution in [0.3, 0.4) is 0 Å². The van der Waals surface area contributed by atoms with Crippen molar-refractivity contribution in [1.82, 2.24) is 14.9 Å². The summed E-state index contributed by atoms with van der Waals surface area (Å²) in [7, 11) is 0. The minimum Gasteiger partial charge on any atom is -0.445 e. The monoisotopic (exact) mass is 493 g/mol. The molecule has 3 aromatic rings. The van der Waals surface area contributed by atoms with Gasteiger partial charge in [0.15, 0.2) is 5.82 Å².